The van der Waals surface area contributed by atoms with Crippen LogP contribution in [0.4, 0.5) is 0 Å². The van der Waals surface area contributed by atoms with E-state index in [1.807, 2.05) is 51.2 Å². The van der Waals surface area contributed by atoms with Crippen LogP contribution in [0.2, 0.25) is 0 Å². The maximum Gasteiger partial charge on any atom is 0.119 e. The molecule has 1 aromatic carbocycles. The van der Waals surface area contributed by atoms with E-state index in [-0.39, 0.29) is 11.5 Å². The third-order valence-electron chi connectivity index (χ3n) is 2.66. The average molecular weight is 280 g/mol. The van der Waals surface area contributed by atoms with Crippen molar-refractivity contribution in [2.45, 2.75) is 38.7 Å². The summed E-state index contributed by atoms with van der Waals surface area (Å²) in [5.74, 6) is 0.850. The Balaban J connectivity index is 2.15. The van der Waals surface area contributed by atoms with E-state index in [0.717, 1.165) is 23.6 Å². The maximum absolute atomic E-state index is 6.14. The lowest BCUT2D eigenvalue weighted by atomic mass is 10.2. The molecule has 1 heterocycles. The first kappa shape index (κ1) is 13.9. The maximum atomic E-state index is 6.14. The number of nitrogens with zero attached hydrogens (tertiary/aromatic N) is 3. The van der Waals surface area contributed by atoms with Gasteiger partial charge in [-0.25, -0.2) is 4.68 Å². The Hall–Kier alpha value is -1.55. The van der Waals surface area contributed by atoms with Crippen molar-refractivity contribution in [1.29, 1.82) is 0 Å². The van der Waals surface area contributed by atoms with Gasteiger partial charge < -0.3 is 4.74 Å². The molecule has 0 spiro atoms. The summed E-state index contributed by atoms with van der Waals surface area (Å²) in [5.41, 5.74) is 1.74. The van der Waals surface area contributed by atoms with Crippen LogP contribution in [-0.4, -0.2) is 21.1 Å². The normalized spacial score (nSPS) is 12.7. The van der Waals surface area contributed by atoms with Gasteiger partial charge in [0.1, 0.15) is 11.4 Å². The number of alkyl halides is 1. The Kier molecular flexibility index (Phi) is 4.43. The molecule has 0 N–H and O–H groups in total. The molecule has 0 saturated carbocycles. The highest BCUT2D eigenvalue weighted by molar-refractivity contribution is 6.20. The highest BCUT2D eigenvalue weighted by Crippen LogP contribution is 2.22. The predicted octanol–water partition coefficient (Wildman–Crippen LogP) is 3.74. The highest BCUT2D eigenvalue weighted by atomic mass is 35.5. The lowest BCUT2D eigenvalue weighted by molar-refractivity contribution is 0.242. The Bertz CT molecular complexity index is 522. The van der Waals surface area contributed by atoms with Gasteiger partial charge in [-0.15, -0.1) is 16.7 Å². The van der Waals surface area contributed by atoms with Crippen molar-refractivity contribution in [3.63, 3.8) is 0 Å². The van der Waals surface area contributed by atoms with Gasteiger partial charge in [0.05, 0.1) is 23.4 Å². The lowest BCUT2D eigenvalue weighted by Crippen LogP contribution is -2.05. The summed E-state index contributed by atoms with van der Waals surface area (Å²) in [6.07, 6.45) is 2.87. The molecule has 0 aliphatic carbocycles. The van der Waals surface area contributed by atoms with Crippen LogP contribution in [0, 0.1) is 0 Å². The Labute approximate surface area is 118 Å². The Morgan fingerprint density at radius 2 is 1.95 bits per heavy atom. The molecule has 102 valence electrons. The molecule has 0 aliphatic heterocycles. The van der Waals surface area contributed by atoms with E-state index >= 15 is 0 Å². The summed E-state index contributed by atoms with van der Waals surface area (Å²) in [4.78, 5) is 0. The molecule has 0 saturated heterocycles. The molecule has 0 fully saturated rings. The fraction of sp³-hybridized carbons (Fsp3) is 0.429. The van der Waals surface area contributed by atoms with Crippen molar-refractivity contribution in [3.05, 3.63) is 36.2 Å². The molecule has 2 aromatic rings. The molecular formula is C14H18ClN3O. The first-order chi connectivity index (χ1) is 9.10. The van der Waals surface area contributed by atoms with Crippen molar-refractivity contribution in [2.75, 3.05) is 0 Å². The fourth-order valence-electron chi connectivity index (χ4n) is 1.71. The van der Waals surface area contributed by atoms with Crippen LogP contribution in [0.5, 0.6) is 5.75 Å². The van der Waals surface area contributed by atoms with Crippen LogP contribution in [-0.2, 0) is 0 Å². The van der Waals surface area contributed by atoms with E-state index in [0.29, 0.717) is 0 Å². The zero-order valence-corrected chi connectivity index (χ0v) is 12.1. The molecule has 19 heavy (non-hydrogen) atoms. The fourth-order valence-corrected chi connectivity index (χ4v) is 1.81. The van der Waals surface area contributed by atoms with Gasteiger partial charge in [-0.2, -0.15) is 0 Å². The molecule has 0 radical (unpaired) electrons. The van der Waals surface area contributed by atoms with Gasteiger partial charge in [-0.05, 0) is 44.5 Å². The van der Waals surface area contributed by atoms with Crippen molar-refractivity contribution in [3.8, 4) is 11.4 Å². The van der Waals surface area contributed by atoms with E-state index in [1.165, 1.54) is 0 Å². The van der Waals surface area contributed by atoms with Crippen LogP contribution in [0.15, 0.2) is 30.5 Å². The molecule has 0 bridgehead atoms. The second-order valence-corrected chi connectivity index (χ2v) is 5.15. The monoisotopic (exact) mass is 279 g/mol. The zero-order valence-electron chi connectivity index (χ0n) is 11.4. The van der Waals surface area contributed by atoms with Gasteiger partial charge >= 0.3 is 0 Å². The average Bonchev–Trinajstić information content (AvgIpc) is 2.87. The van der Waals surface area contributed by atoms with Crippen molar-refractivity contribution in [1.82, 2.24) is 15.0 Å². The number of hydrogen-bond acceptors (Lipinski definition) is 3. The van der Waals surface area contributed by atoms with Crippen molar-refractivity contribution in [2.24, 2.45) is 0 Å². The molecule has 0 amide bonds. The predicted molar refractivity (Wildman–Crippen MR) is 76.0 cm³/mol. The zero-order chi connectivity index (χ0) is 13.8. The molecule has 1 aromatic heterocycles. The standard InChI is InChI=1S/C14H18ClN3O/c1-4-13(15)14-9-18(17-16-14)11-5-7-12(8-6-11)19-10(2)3/h5-10,13H,4H2,1-3H3. The summed E-state index contributed by atoms with van der Waals surface area (Å²) >= 11 is 6.14. The second-order valence-electron chi connectivity index (χ2n) is 4.62. The first-order valence-electron chi connectivity index (χ1n) is 6.43. The van der Waals surface area contributed by atoms with Crippen LogP contribution >= 0.6 is 11.6 Å². The van der Waals surface area contributed by atoms with Crippen LogP contribution in [0.25, 0.3) is 5.69 Å². The molecule has 1 atom stereocenters. The Morgan fingerprint density at radius 3 is 2.53 bits per heavy atom. The smallest absolute Gasteiger partial charge is 0.119 e. The topological polar surface area (TPSA) is 39.9 Å². The lowest BCUT2D eigenvalue weighted by Gasteiger charge is -2.09. The quantitative estimate of drug-likeness (QED) is 0.783. The van der Waals surface area contributed by atoms with E-state index in [9.17, 15) is 0 Å². The van der Waals surface area contributed by atoms with E-state index < -0.39 is 0 Å². The summed E-state index contributed by atoms with van der Waals surface area (Å²) in [7, 11) is 0. The number of hydrogen-bond donors (Lipinski definition) is 0. The molecule has 1 unspecified atom stereocenters. The number of aromatic nitrogens is 3. The molecule has 5 heteroatoms. The van der Waals surface area contributed by atoms with Gasteiger partial charge in [0.15, 0.2) is 0 Å². The number of ether oxygens (including phenoxy) is 1. The minimum absolute atomic E-state index is 0.0858. The first-order valence-corrected chi connectivity index (χ1v) is 6.87. The van der Waals surface area contributed by atoms with Crippen molar-refractivity contribution >= 4 is 11.6 Å². The minimum Gasteiger partial charge on any atom is -0.491 e. The third kappa shape index (κ3) is 3.47. The molecule has 2 rings (SSSR count). The number of halogens is 1. The van der Waals surface area contributed by atoms with Crippen LogP contribution in [0.1, 0.15) is 38.3 Å². The van der Waals surface area contributed by atoms with Crippen molar-refractivity contribution < 1.29 is 4.74 Å². The largest absolute Gasteiger partial charge is 0.491 e. The Morgan fingerprint density at radius 1 is 1.26 bits per heavy atom. The minimum atomic E-state index is -0.0858. The summed E-state index contributed by atoms with van der Waals surface area (Å²) in [6.45, 7) is 6.03. The van der Waals surface area contributed by atoms with E-state index in [2.05, 4.69) is 10.3 Å². The highest BCUT2D eigenvalue weighted by Gasteiger charge is 2.10. The van der Waals surface area contributed by atoms with E-state index in [4.69, 9.17) is 16.3 Å². The van der Waals surface area contributed by atoms with Gasteiger partial charge in [-0.1, -0.05) is 12.1 Å². The third-order valence-corrected chi connectivity index (χ3v) is 3.20. The van der Waals surface area contributed by atoms with Gasteiger partial charge in [-0.3, -0.25) is 0 Å². The molecule has 0 aliphatic rings. The molecular weight excluding hydrogens is 262 g/mol. The summed E-state index contributed by atoms with van der Waals surface area (Å²) < 4.78 is 7.32. The SMILES string of the molecule is CCC(Cl)c1cn(-c2ccc(OC(C)C)cc2)nn1. The van der Waals surface area contributed by atoms with Gasteiger partial charge in [0.25, 0.3) is 0 Å². The summed E-state index contributed by atoms with van der Waals surface area (Å²) in [6, 6.07) is 7.75. The second kappa shape index (κ2) is 6.06. The number of benzene rings is 1. The molecule has 4 nitrogen and oxygen atoms in total. The van der Waals surface area contributed by atoms with Gasteiger partial charge in [0, 0.05) is 0 Å². The number of rotatable bonds is 5. The van der Waals surface area contributed by atoms with E-state index in [1.54, 1.807) is 4.68 Å². The van der Waals surface area contributed by atoms with Crippen LogP contribution in [0.3, 0.4) is 0 Å². The van der Waals surface area contributed by atoms with Gasteiger partial charge in [0.2, 0.25) is 0 Å². The van der Waals surface area contributed by atoms with Crippen LogP contribution < -0.4 is 4.74 Å². The summed E-state index contributed by atoms with van der Waals surface area (Å²) in [5, 5.41) is 8.09.